The van der Waals surface area contributed by atoms with Crippen LogP contribution in [-0.2, 0) is 4.84 Å². The molecule has 0 aliphatic rings. The van der Waals surface area contributed by atoms with Gasteiger partial charge in [0.05, 0.1) is 10.6 Å². The average molecular weight is 339 g/mol. The molecule has 0 spiro atoms. The molecule has 2 rings (SSSR count). The van der Waals surface area contributed by atoms with Gasteiger partial charge in [0.25, 0.3) is 0 Å². The van der Waals surface area contributed by atoms with E-state index in [2.05, 4.69) is 5.16 Å². The summed E-state index contributed by atoms with van der Waals surface area (Å²) in [6, 6.07) is 6.72. The average Bonchev–Trinajstić information content (AvgIpc) is 2.45. The normalized spacial score (nSPS) is 12.3. The molecule has 0 amide bonds. The smallest absolute Gasteiger partial charge is 0.246 e. The Morgan fingerprint density at radius 2 is 2.04 bits per heavy atom. The fourth-order valence-corrected chi connectivity index (χ4v) is 1.91. The molecule has 2 aromatic rings. The predicted molar refractivity (Wildman–Crippen MR) is 85.0 cm³/mol. The van der Waals surface area contributed by atoms with Crippen molar-refractivity contribution >= 4 is 17.3 Å². The fourth-order valence-electron chi connectivity index (χ4n) is 1.75. The molecule has 0 saturated heterocycles. The molecule has 122 valence electrons. The zero-order valence-corrected chi connectivity index (χ0v) is 13.6. The third-order valence-corrected chi connectivity index (χ3v) is 3.06. The van der Waals surface area contributed by atoms with Crippen LogP contribution in [0.1, 0.15) is 32.0 Å². The van der Waals surface area contributed by atoms with Crippen LogP contribution in [0.4, 0.5) is 4.39 Å². The summed E-state index contributed by atoms with van der Waals surface area (Å²) in [7, 11) is 0. The number of aromatic nitrogens is 1. The van der Waals surface area contributed by atoms with Crippen LogP contribution in [0, 0.1) is 11.0 Å². The molecule has 1 aromatic heterocycles. The number of hydrogen-bond acceptors (Lipinski definition) is 4. The van der Waals surface area contributed by atoms with Gasteiger partial charge in [-0.05, 0) is 32.9 Å². The Balaban J connectivity index is 2.64. The summed E-state index contributed by atoms with van der Waals surface area (Å²) in [6.45, 7) is 5.31. The van der Waals surface area contributed by atoms with E-state index in [1.54, 1.807) is 32.9 Å². The molecule has 0 unspecified atom stereocenters. The van der Waals surface area contributed by atoms with E-state index in [1.807, 2.05) is 0 Å². The van der Waals surface area contributed by atoms with Gasteiger partial charge >= 0.3 is 0 Å². The molecule has 5 nitrogen and oxygen atoms in total. The largest absolute Gasteiger partial charge is 0.618 e. The van der Waals surface area contributed by atoms with Crippen molar-refractivity contribution in [3.8, 4) is 5.75 Å². The maximum atomic E-state index is 13.8. The van der Waals surface area contributed by atoms with Crippen LogP contribution in [0.3, 0.4) is 0 Å². The van der Waals surface area contributed by atoms with E-state index in [1.165, 1.54) is 12.3 Å². The van der Waals surface area contributed by atoms with E-state index in [0.29, 0.717) is 4.73 Å². The van der Waals surface area contributed by atoms with Crippen LogP contribution in [-0.4, -0.2) is 16.4 Å². The number of hydrogen-bond donors (Lipinski definition) is 1. The molecule has 0 aliphatic heterocycles. The molecule has 7 heteroatoms. The van der Waals surface area contributed by atoms with Gasteiger partial charge in [0.2, 0.25) is 5.69 Å². The topological polar surface area (TPSA) is 68.8 Å². The highest BCUT2D eigenvalue weighted by molar-refractivity contribution is 6.31. The molecule has 1 aromatic carbocycles. The molecule has 0 atom stereocenters. The van der Waals surface area contributed by atoms with Crippen molar-refractivity contribution in [2.45, 2.75) is 26.4 Å². The Hall–Kier alpha value is -2.34. The number of phenolic OH excluding ortho intramolecular Hbond substituents is 1. The van der Waals surface area contributed by atoms with Gasteiger partial charge in [0.1, 0.15) is 17.2 Å². The highest BCUT2D eigenvalue weighted by atomic mass is 35.5. The highest BCUT2D eigenvalue weighted by Crippen LogP contribution is 2.27. The summed E-state index contributed by atoms with van der Waals surface area (Å²) in [5.41, 5.74) is -0.516. The zero-order valence-electron chi connectivity index (χ0n) is 12.9. The van der Waals surface area contributed by atoms with Crippen LogP contribution in [0.25, 0.3) is 0 Å². The maximum Gasteiger partial charge on any atom is 0.246 e. The lowest BCUT2D eigenvalue weighted by Crippen LogP contribution is -2.35. The van der Waals surface area contributed by atoms with Gasteiger partial charge in [0.15, 0.2) is 11.9 Å². The van der Waals surface area contributed by atoms with Crippen LogP contribution < -0.4 is 4.73 Å². The molecule has 23 heavy (non-hydrogen) atoms. The van der Waals surface area contributed by atoms with E-state index in [-0.39, 0.29) is 27.7 Å². The standard InChI is InChI=1S/C16H16ClFN2O3/c1-16(2,3)23-19-15(13-6-4-5-7-20(13)22)10-8-12(18)11(17)9-14(10)21/h4-9,21H,1-3H3. The Morgan fingerprint density at radius 1 is 1.35 bits per heavy atom. The second-order valence-corrected chi connectivity index (χ2v) is 6.25. The van der Waals surface area contributed by atoms with Gasteiger partial charge in [-0.2, -0.15) is 4.73 Å². The summed E-state index contributed by atoms with van der Waals surface area (Å²) in [5, 5.41) is 25.8. The SMILES string of the molecule is CC(C)(C)ON=C(c1cc(F)c(Cl)cc1O)c1cccc[n+]1[O-]. The monoisotopic (exact) mass is 338 g/mol. The number of benzene rings is 1. The number of rotatable bonds is 3. The first-order valence-electron chi connectivity index (χ1n) is 6.82. The van der Waals surface area contributed by atoms with Crippen molar-refractivity contribution in [2.75, 3.05) is 0 Å². The summed E-state index contributed by atoms with van der Waals surface area (Å²) in [6.07, 6.45) is 1.27. The van der Waals surface area contributed by atoms with Crippen LogP contribution in [0.15, 0.2) is 41.7 Å². The summed E-state index contributed by atoms with van der Waals surface area (Å²) < 4.78 is 14.3. The van der Waals surface area contributed by atoms with Gasteiger partial charge in [-0.1, -0.05) is 16.8 Å². The molecule has 1 N–H and O–H groups in total. The lowest BCUT2D eigenvalue weighted by molar-refractivity contribution is -0.606. The van der Waals surface area contributed by atoms with Gasteiger partial charge in [0, 0.05) is 18.2 Å². The molecule has 0 saturated carbocycles. The minimum absolute atomic E-state index is 0.00333. The van der Waals surface area contributed by atoms with E-state index < -0.39 is 11.4 Å². The number of halogens is 2. The van der Waals surface area contributed by atoms with E-state index in [4.69, 9.17) is 16.4 Å². The van der Waals surface area contributed by atoms with Crippen LogP contribution >= 0.6 is 11.6 Å². The van der Waals surface area contributed by atoms with Crippen molar-refractivity contribution in [3.63, 3.8) is 0 Å². The Morgan fingerprint density at radius 3 is 2.65 bits per heavy atom. The van der Waals surface area contributed by atoms with E-state index in [0.717, 1.165) is 12.1 Å². The second-order valence-electron chi connectivity index (χ2n) is 5.84. The third kappa shape index (κ3) is 4.10. The first-order chi connectivity index (χ1) is 10.7. The third-order valence-electron chi connectivity index (χ3n) is 2.77. The van der Waals surface area contributed by atoms with Gasteiger partial charge < -0.3 is 15.2 Å². The number of aromatic hydroxyl groups is 1. The Bertz CT molecular complexity index is 757. The molecular weight excluding hydrogens is 323 g/mol. The van der Waals surface area contributed by atoms with Gasteiger partial charge in [-0.15, -0.1) is 0 Å². The number of phenols is 1. The summed E-state index contributed by atoms with van der Waals surface area (Å²) in [4.78, 5) is 5.35. The van der Waals surface area contributed by atoms with Gasteiger partial charge in [-0.3, -0.25) is 0 Å². The molecule has 0 radical (unpaired) electrons. The lowest BCUT2D eigenvalue weighted by Gasteiger charge is -2.17. The van der Waals surface area contributed by atoms with E-state index in [9.17, 15) is 14.7 Å². The van der Waals surface area contributed by atoms with Crippen molar-refractivity contribution in [1.82, 2.24) is 0 Å². The van der Waals surface area contributed by atoms with Crippen molar-refractivity contribution in [1.29, 1.82) is 0 Å². The number of pyridine rings is 1. The molecule has 0 bridgehead atoms. The van der Waals surface area contributed by atoms with E-state index >= 15 is 0 Å². The van der Waals surface area contributed by atoms with Crippen molar-refractivity contribution in [3.05, 3.63) is 63.8 Å². The predicted octanol–water partition coefficient (Wildman–Crippen LogP) is 3.39. The minimum Gasteiger partial charge on any atom is -0.618 e. The maximum absolute atomic E-state index is 13.8. The van der Waals surface area contributed by atoms with Crippen LogP contribution in [0.5, 0.6) is 5.75 Å². The number of oxime groups is 1. The Kier molecular flexibility index (Phi) is 4.75. The molecule has 0 fully saturated rings. The quantitative estimate of drug-likeness (QED) is 0.403. The summed E-state index contributed by atoms with van der Waals surface area (Å²) in [5.74, 6) is -1.05. The first-order valence-corrected chi connectivity index (χ1v) is 7.20. The molecule has 0 aliphatic carbocycles. The summed E-state index contributed by atoms with van der Waals surface area (Å²) >= 11 is 5.64. The van der Waals surface area contributed by atoms with Gasteiger partial charge in [-0.25, -0.2) is 4.39 Å². The van der Waals surface area contributed by atoms with Crippen molar-refractivity contribution in [2.24, 2.45) is 5.16 Å². The minimum atomic E-state index is -0.740. The second kappa shape index (κ2) is 6.42. The fraction of sp³-hybridized carbons (Fsp3) is 0.250. The molecule has 1 heterocycles. The molecular formula is C16H16ClFN2O3. The van der Waals surface area contributed by atoms with Crippen LogP contribution in [0.2, 0.25) is 5.02 Å². The Labute approximate surface area is 138 Å². The number of nitrogens with zero attached hydrogens (tertiary/aromatic N) is 2. The first kappa shape index (κ1) is 17.0. The van der Waals surface area contributed by atoms with Crippen molar-refractivity contribution < 1.29 is 19.1 Å². The zero-order chi connectivity index (χ0) is 17.2. The lowest BCUT2D eigenvalue weighted by atomic mass is 10.1. The highest BCUT2D eigenvalue weighted by Gasteiger charge is 2.23.